The van der Waals surface area contributed by atoms with Crippen LogP contribution in [0.1, 0.15) is 48.3 Å². The van der Waals surface area contributed by atoms with Gasteiger partial charge in [0.2, 0.25) is 0 Å². The number of rotatable bonds is 7. The normalized spacial score (nSPS) is 18.2. The van der Waals surface area contributed by atoms with Crippen LogP contribution in [0.5, 0.6) is 0 Å². The summed E-state index contributed by atoms with van der Waals surface area (Å²) in [6.07, 6.45) is 1.14. The summed E-state index contributed by atoms with van der Waals surface area (Å²) in [6, 6.07) is 4.54. The molecule has 1 aliphatic heterocycles. The van der Waals surface area contributed by atoms with Crippen LogP contribution in [0.4, 0.5) is 0 Å². The van der Waals surface area contributed by atoms with E-state index in [1.807, 2.05) is 38.2 Å². The van der Waals surface area contributed by atoms with Gasteiger partial charge < -0.3 is 20.2 Å². The summed E-state index contributed by atoms with van der Waals surface area (Å²) in [4.78, 5) is 8.69. The summed E-state index contributed by atoms with van der Waals surface area (Å²) in [5, 5.41) is 19.8. The summed E-state index contributed by atoms with van der Waals surface area (Å²) in [7, 11) is 0. The molecule has 3 rings (SSSR count). The molecule has 6 nitrogen and oxygen atoms in total. The lowest BCUT2D eigenvalue weighted by molar-refractivity contribution is 0.0656. The number of aryl methyl sites for hydroxylation is 2. The minimum Gasteiger partial charge on any atom is -0.466 e. The number of nitrogens with one attached hydrogen (secondary N) is 2. The van der Waals surface area contributed by atoms with Crippen molar-refractivity contribution in [1.82, 2.24) is 15.5 Å². The summed E-state index contributed by atoms with van der Waals surface area (Å²) in [6.45, 7) is 13.8. The van der Waals surface area contributed by atoms with Crippen molar-refractivity contribution in [3.8, 4) is 0 Å². The molecule has 0 amide bonds. The number of furan rings is 1. The van der Waals surface area contributed by atoms with Gasteiger partial charge in [0.1, 0.15) is 17.1 Å². The summed E-state index contributed by atoms with van der Waals surface area (Å²) < 4.78 is 5.58. The van der Waals surface area contributed by atoms with Crippen molar-refractivity contribution in [2.75, 3.05) is 26.2 Å². The van der Waals surface area contributed by atoms with Crippen molar-refractivity contribution >= 4 is 17.3 Å². The van der Waals surface area contributed by atoms with E-state index < -0.39 is 5.60 Å². The second-order valence-corrected chi connectivity index (χ2v) is 9.12. The molecule has 0 aliphatic carbocycles. The number of thiophene rings is 1. The monoisotopic (exact) mass is 418 g/mol. The highest BCUT2D eigenvalue weighted by Crippen LogP contribution is 2.27. The number of aliphatic imine (C=N–C) groups is 1. The maximum absolute atomic E-state index is 10.9. The van der Waals surface area contributed by atoms with Crippen molar-refractivity contribution in [1.29, 1.82) is 0 Å². The highest BCUT2D eigenvalue weighted by atomic mass is 32.1. The summed E-state index contributed by atoms with van der Waals surface area (Å²) in [5.74, 6) is 2.27. The van der Waals surface area contributed by atoms with Gasteiger partial charge in [-0.1, -0.05) is 0 Å². The number of guanidine groups is 1. The van der Waals surface area contributed by atoms with Crippen LogP contribution in [0.15, 0.2) is 26.9 Å². The Morgan fingerprint density at radius 3 is 2.90 bits per heavy atom. The zero-order valence-corrected chi connectivity index (χ0v) is 19.0. The summed E-state index contributed by atoms with van der Waals surface area (Å²) >= 11 is 1.87. The largest absolute Gasteiger partial charge is 0.466 e. The molecule has 2 unspecified atom stereocenters. The Morgan fingerprint density at radius 1 is 1.41 bits per heavy atom. The molecule has 2 atom stereocenters. The van der Waals surface area contributed by atoms with Gasteiger partial charge in [0.15, 0.2) is 5.96 Å². The van der Waals surface area contributed by atoms with Crippen LogP contribution in [0.2, 0.25) is 0 Å². The molecule has 7 heteroatoms. The van der Waals surface area contributed by atoms with Gasteiger partial charge in [0.05, 0.1) is 6.54 Å². The average Bonchev–Trinajstić information content (AvgIpc) is 3.29. The minimum atomic E-state index is -1.07. The number of aliphatic hydroxyl groups is 1. The highest BCUT2D eigenvalue weighted by molar-refractivity contribution is 7.10. The van der Waals surface area contributed by atoms with Gasteiger partial charge in [-0.15, -0.1) is 11.3 Å². The number of fused-ring (bicyclic) bond motifs is 1. The maximum Gasteiger partial charge on any atom is 0.191 e. The number of hydrogen-bond donors (Lipinski definition) is 3. The van der Waals surface area contributed by atoms with Gasteiger partial charge in [-0.05, 0) is 64.1 Å². The highest BCUT2D eigenvalue weighted by Gasteiger charge is 2.28. The fourth-order valence-corrected chi connectivity index (χ4v) is 4.74. The molecule has 2 aromatic heterocycles. The molecule has 0 fully saturated rings. The number of nitrogens with zero attached hydrogens (tertiary/aromatic N) is 2. The van der Waals surface area contributed by atoms with E-state index in [1.165, 1.54) is 10.4 Å². The lowest BCUT2D eigenvalue weighted by atomic mass is 9.96. The van der Waals surface area contributed by atoms with Gasteiger partial charge in [0.25, 0.3) is 0 Å². The third kappa shape index (κ3) is 5.41. The Labute approximate surface area is 178 Å². The van der Waals surface area contributed by atoms with E-state index in [1.54, 1.807) is 6.92 Å². The smallest absolute Gasteiger partial charge is 0.191 e. The zero-order valence-electron chi connectivity index (χ0n) is 18.2. The minimum absolute atomic E-state index is 0.262. The molecule has 0 saturated carbocycles. The van der Waals surface area contributed by atoms with E-state index >= 15 is 0 Å². The Morgan fingerprint density at radius 2 is 2.21 bits per heavy atom. The first-order chi connectivity index (χ1) is 13.8. The molecular weight excluding hydrogens is 384 g/mol. The van der Waals surface area contributed by atoms with Crippen molar-refractivity contribution < 1.29 is 9.52 Å². The molecule has 3 N–H and O–H groups in total. The fraction of sp³-hybridized carbons (Fsp3) is 0.591. The van der Waals surface area contributed by atoms with Gasteiger partial charge in [-0.25, -0.2) is 4.99 Å². The molecule has 0 aromatic carbocycles. The zero-order chi connectivity index (χ0) is 21.0. The molecule has 160 valence electrons. The fourth-order valence-electron chi connectivity index (χ4n) is 3.85. The Bertz CT molecular complexity index is 840. The van der Waals surface area contributed by atoms with Crippen molar-refractivity contribution in [2.24, 2.45) is 4.99 Å². The Balaban J connectivity index is 1.58. The van der Waals surface area contributed by atoms with E-state index in [0.717, 1.165) is 55.6 Å². The lowest BCUT2D eigenvalue weighted by Crippen LogP contribution is -2.47. The van der Waals surface area contributed by atoms with E-state index in [-0.39, 0.29) is 6.54 Å². The Kier molecular flexibility index (Phi) is 7.03. The molecule has 3 heterocycles. The SMILES string of the molecule is CCNC(=NCC(C)(O)c1cc(C)oc1C)NCC(C)N1CCc2sccc2C1. The van der Waals surface area contributed by atoms with Crippen molar-refractivity contribution in [2.45, 2.75) is 59.2 Å². The third-order valence-corrected chi connectivity index (χ3v) is 6.56. The standard InChI is InChI=1S/C22H34N4O2S/c1-6-23-21(25-14-22(5,27)19-11-16(3)28-17(19)4)24-12-15(2)26-9-7-20-18(13-26)8-10-29-20/h8,10-11,15,27H,6-7,9,12-14H2,1-5H3,(H2,23,24,25). The van der Waals surface area contributed by atoms with E-state index in [4.69, 9.17) is 4.42 Å². The molecule has 2 aromatic rings. The topological polar surface area (TPSA) is 73.0 Å². The molecule has 0 spiro atoms. The molecular formula is C22H34N4O2S. The van der Waals surface area contributed by atoms with Gasteiger partial charge in [-0.3, -0.25) is 4.90 Å². The predicted molar refractivity (Wildman–Crippen MR) is 120 cm³/mol. The predicted octanol–water partition coefficient (Wildman–Crippen LogP) is 3.17. The van der Waals surface area contributed by atoms with E-state index in [0.29, 0.717) is 6.04 Å². The molecule has 0 bridgehead atoms. The first-order valence-corrected chi connectivity index (χ1v) is 11.3. The molecule has 0 saturated heterocycles. The van der Waals surface area contributed by atoms with Crippen LogP contribution >= 0.6 is 11.3 Å². The van der Waals surface area contributed by atoms with Crippen LogP contribution in [0.25, 0.3) is 0 Å². The van der Waals surface area contributed by atoms with Crippen molar-refractivity contribution in [3.05, 3.63) is 45.0 Å². The van der Waals surface area contributed by atoms with Crippen LogP contribution in [-0.2, 0) is 18.6 Å². The lowest BCUT2D eigenvalue weighted by Gasteiger charge is -2.33. The average molecular weight is 419 g/mol. The van der Waals surface area contributed by atoms with Crippen LogP contribution in [-0.4, -0.2) is 48.2 Å². The van der Waals surface area contributed by atoms with Gasteiger partial charge >= 0.3 is 0 Å². The molecule has 29 heavy (non-hydrogen) atoms. The van der Waals surface area contributed by atoms with Crippen LogP contribution in [0.3, 0.4) is 0 Å². The summed E-state index contributed by atoms with van der Waals surface area (Å²) in [5.41, 5.74) is 1.19. The first-order valence-electron chi connectivity index (χ1n) is 10.4. The quantitative estimate of drug-likeness (QED) is 0.476. The Hall–Kier alpha value is -1.83. The second kappa shape index (κ2) is 9.32. The van der Waals surface area contributed by atoms with Crippen LogP contribution < -0.4 is 10.6 Å². The first kappa shape index (κ1) is 21.9. The maximum atomic E-state index is 10.9. The van der Waals surface area contributed by atoms with Gasteiger partial charge in [-0.2, -0.15) is 0 Å². The second-order valence-electron chi connectivity index (χ2n) is 8.12. The molecule has 0 radical (unpaired) electrons. The van der Waals surface area contributed by atoms with E-state index in [2.05, 4.69) is 38.9 Å². The van der Waals surface area contributed by atoms with Crippen molar-refractivity contribution in [3.63, 3.8) is 0 Å². The van der Waals surface area contributed by atoms with E-state index in [9.17, 15) is 5.11 Å². The van der Waals surface area contributed by atoms with Gasteiger partial charge in [0, 0.05) is 42.7 Å². The number of hydrogen-bond acceptors (Lipinski definition) is 5. The third-order valence-electron chi connectivity index (χ3n) is 5.54. The molecule has 1 aliphatic rings. The van der Waals surface area contributed by atoms with Crippen LogP contribution in [0, 0.1) is 13.8 Å².